The van der Waals surface area contributed by atoms with Crippen molar-refractivity contribution in [3.05, 3.63) is 28.8 Å². The standard InChI is InChI=1S/C16H22ClNO2/c1-2-4-12-5-3-9-18(10-8-12)16(20)13-6-7-15(19)14(17)11-13/h6-7,11-12,19H,2-5,8-10H2,1H3. The summed E-state index contributed by atoms with van der Waals surface area (Å²) in [5.41, 5.74) is 0.557. The van der Waals surface area contributed by atoms with Crippen molar-refractivity contribution in [3.63, 3.8) is 0 Å². The molecule has 1 aromatic rings. The fourth-order valence-electron chi connectivity index (χ4n) is 2.89. The Kier molecular flexibility index (Phi) is 5.30. The van der Waals surface area contributed by atoms with Crippen LogP contribution in [0.15, 0.2) is 18.2 Å². The molecule has 0 saturated carbocycles. The number of carbonyl (C=O) groups is 1. The molecule has 4 heteroatoms. The molecule has 110 valence electrons. The maximum Gasteiger partial charge on any atom is 0.253 e. The molecule has 0 aromatic heterocycles. The number of rotatable bonds is 3. The number of amides is 1. The maximum atomic E-state index is 12.5. The highest BCUT2D eigenvalue weighted by atomic mass is 35.5. The van der Waals surface area contributed by atoms with E-state index in [9.17, 15) is 9.90 Å². The van der Waals surface area contributed by atoms with Crippen LogP contribution in [0.25, 0.3) is 0 Å². The summed E-state index contributed by atoms with van der Waals surface area (Å²) in [6.45, 7) is 3.85. The Morgan fingerprint density at radius 3 is 2.90 bits per heavy atom. The van der Waals surface area contributed by atoms with Gasteiger partial charge in [-0.15, -0.1) is 0 Å². The van der Waals surface area contributed by atoms with Crippen LogP contribution in [0.4, 0.5) is 0 Å². The number of phenols is 1. The van der Waals surface area contributed by atoms with Crippen LogP contribution in [0, 0.1) is 5.92 Å². The lowest BCUT2D eigenvalue weighted by atomic mass is 9.96. The van der Waals surface area contributed by atoms with Crippen LogP contribution in [0.1, 0.15) is 49.4 Å². The summed E-state index contributed by atoms with van der Waals surface area (Å²) in [6.07, 6.45) is 5.85. The second-order valence-corrected chi connectivity index (χ2v) is 5.95. The lowest BCUT2D eigenvalue weighted by molar-refractivity contribution is 0.0760. The van der Waals surface area contributed by atoms with Crippen LogP contribution in [0.3, 0.4) is 0 Å². The highest BCUT2D eigenvalue weighted by molar-refractivity contribution is 6.32. The Morgan fingerprint density at radius 2 is 2.20 bits per heavy atom. The summed E-state index contributed by atoms with van der Waals surface area (Å²) in [5.74, 6) is 0.785. The van der Waals surface area contributed by atoms with Gasteiger partial charge >= 0.3 is 0 Å². The van der Waals surface area contributed by atoms with E-state index in [-0.39, 0.29) is 16.7 Å². The summed E-state index contributed by atoms with van der Waals surface area (Å²) < 4.78 is 0. The largest absolute Gasteiger partial charge is 0.506 e. The molecule has 0 spiro atoms. The van der Waals surface area contributed by atoms with Crippen LogP contribution >= 0.6 is 11.6 Å². The van der Waals surface area contributed by atoms with Crippen molar-refractivity contribution in [1.29, 1.82) is 0 Å². The van der Waals surface area contributed by atoms with E-state index in [0.717, 1.165) is 31.8 Å². The predicted molar refractivity (Wildman–Crippen MR) is 81.3 cm³/mol. The lowest BCUT2D eigenvalue weighted by Gasteiger charge is -2.21. The summed E-state index contributed by atoms with van der Waals surface area (Å²) >= 11 is 5.87. The number of likely N-dealkylation sites (tertiary alicyclic amines) is 1. The minimum absolute atomic E-state index is 0.0158. The number of nitrogens with zero attached hydrogens (tertiary/aromatic N) is 1. The Labute approximate surface area is 125 Å². The first kappa shape index (κ1) is 15.2. The van der Waals surface area contributed by atoms with Gasteiger partial charge in [0, 0.05) is 18.7 Å². The van der Waals surface area contributed by atoms with E-state index in [1.54, 1.807) is 12.1 Å². The number of phenolic OH excluding ortho intramolecular Hbond substituents is 1. The minimum atomic E-state index is 0.0158. The van der Waals surface area contributed by atoms with Crippen LogP contribution in [-0.4, -0.2) is 29.0 Å². The topological polar surface area (TPSA) is 40.5 Å². The first-order valence-corrected chi connectivity index (χ1v) is 7.77. The first-order valence-electron chi connectivity index (χ1n) is 7.39. The van der Waals surface area contributed by atoms with Gasteiger partial charge in [0.25, 0.3) is 5.91 Å². The average Bonchev–Trinajstić information content (AvgIpc) is 2.67. The number of hydrogen-bond acceptors (Lipinski definition) is 2. The average molecular weight is 296 g/mol. The molecule has 0 aliphatic carbocycles. The molecular formula is C16H22ClNO2. The van der Waals surface area contributed by atoms with Gasteiger partial charge in [-0.2, -0.15) is 0 Å². The molecule has 1 heterocycles. The van der Waals surface area contributed by atoms with E-state index in [4.69, 9.17) is 11.6 Å². The van der Waals surface area contributed by atoms with Gasteiger partial charge in [0.15, 0.2) is 0 Å². The van der Waals surface area contributed by atoms with Crippen molar-refractivity contribution in [2.45, 2.75) is 39.0 Å². The van der Waals surface area contributed by atoms with Gasteiger partial charge in [-0.1, -0.05) is 31.4 Å². The van der Waals surface area contributed by atoms with Gasteiger partial charge in [-0.3, -0.25) is 4.79 Å². The predicted octanol–water partition coefficient (Wildman–Crippen LogP) is 4.09. The van der Waals surface area contributed by atoms with Crippen LogP contribution in [-0.2, 0) is 0 Å². The molecule has 0 bridgehead atoms. The van der Waals surface area contributed by atoms with Crippen molar-refractivity contribution < 1.29 is 9.90 Å². The fourth-order valence-corrected chi connectivity index (χ4v) is 3.07. The van der Waals surface area contributed by atoms with E-state index in [1.807, 2.05) is 4.90 Å². The van der Waals surface area contributed by atoms with Crippen molar-refractivity contribution >= 4 is 17.5 Å². The number of benzene rings is 1. The van der Waals surface area contributed by atoms with Crippen molar-refractivity contribution in [2.24, 2.45) is 5.92 Å². The second-order valence-electron chi connectivity index (χ2n) is 5.54. The summed E-state index contributed by atoms with van der Waals surface area (Å²) in [6, 6.07) is 4.67. The van der Waals surface area contributed by atoms with Gasteiger partial charge in [-0.05, 0) is 43.4 Å². The molecule has 1 atom stereocenters. The van der Waals surface area contributed by atoms with E-state index in [2.05, 4.69) is 6.92 Å². The van der Waals surface area contributed by atoms with Crippen molar-refractivity contribution in [2.75, 3.05) is 13.1 Å². The molecule has 1 N–H and O–H groups in total. The van der Waals surface area contributed by atoms with Crippen molar-refractivity contribution in [1.82, 2.24) is 4.90 Å². The van der Waals surface area contributed by atoms with E-state index in [1.165, 1.54) is 25.3 Å². The SMILES string of the molecule is CCCC1CCCN(C(=O)c2ccc(O)c(Cl)c2)CC1. The molecule has 1 aromatic carbocycles. The second kappa shape index (κ2) is 6.98. The van der Waals surface area contributed by atoms with Gasteiger partial charge < -0.3 is 10.0 Å². The van der Waals surface area contributed by atoms with Crippen LogP contribution < -0.4 is 0 Å². The Bertz CT molecular complexity index is 476. The van der Waals surface area contributed by atoms with E-state index >= 15 is 0 Å². The smallest absolute Gasteiger partial charge is 0.253 e. The number of carbonyl (C=O) groups excluding carboxylic acids is 1. The maximum absolute atomic E-state index is 12.5. The molecule has 1 aliphatic rings. The number of halogens is 1. The molecule has 1 aliphatic heterocycles. The summed E-state index contributed by atoms with van der Waals surface area (Å²) in [5, 5.41) is 9.65. The highest BCUT2D eigenvalue weighted by Crippen LogP contribution is 2.26. The first-order chi connectivity index (χ1) is 9.61. The zero-order valence-corrected chi connectivity index (χ0v) is 12.7. The monoisotopic (exact) mass is 295 g/mol. The van der Waals surface area contributed by atoms with Crippen LogP contribution in [0.2, 0.25) is 5.02 Å². The van der Waals surface area contributed by atoms with Gasteiger partial charge in [0.05, 0.1) is 5.02 Å². The lowest BCUT2D eigenvalue weighted by Crippen LogP contribution is -2.32. The molecule has 2 rings (SSSR count). The van der Waals surface area contributed by atoms with Gasteiger partial charge in [-0.25, -0.2) is 0 Å². The summed E-state index contributed by atoms with van der Waals surface area (Å²) in [4.78, 5) is 14.4. The molecular weight excluding hydrogens is 274 g/mol. The Balaban J connectivity index is 2.03. The number of hydrogen-bond donors (Lipinski definition) is 1. The summed E-state index contributed by atoms with van der Waals surface area (Å²) in [7, 11) is 0. The fraction of sp³-hybridized carbons (Fsp3) is 0.562. The third-order valence-corrected chi connectivity index (χ3v) is 4.33. The van der Waals surface area contributed by atoms with E-state index in [0.29, 0.717) is 5.56 Å². The molecule has 3 nitrogen and oxygen atoms in total. The van der Waals surface area contributed by atoms with Crippen LogP contribution in [0.5, 0.6) is 5.75 Å². The quantitative estimate of drug-likeness (QED) is 0.912. The number of aromatic hydroxyl groups is 1. The molecule has 0 radical (unpaired) electrons. The van der Waals surface area contributed by atoms with Gasteiger partial charge in [0.2, 0.25) is 0 Å². The molecule has 1 unspecified atom stereocenters. The van der Waals surface area contributed by atoms with E-state index < -0.39 is 0 Å². The molecule has 1 amide bonds. The molecule has 1 fully saturated rings. The normalized spacial score (nSPS) is 19.7. The minimum Gasteiger partial charge on any atom is -0.506 e. The highest BCUT2D eigenvalue weighted by Gasteiger charge is 2.21. The van der Waals surface area contributed by atoms with Crippen molar-refractivity contribution in [3.8, 4) is 5.75 Å². The van der Waals surface area contributed by atoms with Gasteiger partial charge in [0.1, 0.15) is 5.75 Å². The Morgan fingerprint density at radius 1 is 1.40 bits per heavy atom. The Hall–Kier alpha value is -1.22. The molecule has 20 heavy (non-hydrogen) atoms. The zero-order chi connectivity index (χ0) is 14.5. The zero-order valence-electron chi connectivity index (χ0n) is 11.9. The third-order valence-electron chi connectivity index (χ3n) is 4.03. The third kappa shape index (κ3) is 3.66. The molecule has 1 saturated heterocycles.